The first-order valence-electron chi connectivity index (χ1n) is 6.36. The lowest BCUT2D eigenvalue weighted by atomic mass is 10.1. The fourth-order valence-corrected chi connectivity index (χ4v) is 1.86. The maximum atomic E-state index is 14.0. The molecule has 0 radical (unpaired) electrons. The predicted octanol–water partition coefficient (Wildman–Crippen LogP) is 3.85. The molecule has 110 valence electrons. The number of aryl methyl sites for hydroxylation is 1. The fraction of sp³-hybridized carbons (Fsp3) is 0.200. The number of nitrogens with two attached hydrogens (primary N) is 1. The minimum Gasteiger partial charge on any atom is -0.447 e. The van der Waals surface area contributed by atoms with Gasteiger partial charge in [0.05, 0.1) is 4.92 Å². The molecule has 2 rings (SSSR count). The van der Waals surface area contributed by atoms with Crippen LogP contribution in [0.1, 0.15) is 24.1 Å². The average molecular weight is 290 g/mol. The number of hydrogen-bond acceptors (Lipinski definition) is 4. The minimum absolute atomic E-state index is 0.00181. The lowest BCUT2D eigenvalue weighted by Gasteiger charge is -2.10. The molecule has 5 nitrogen and oxygen atoms in total. The zero-order valence-electron chi connectivity index (χ0n) is 11.7. The van der Waals surface area contributed by atoms with E-state index in [0.717, 1.165) is 5.56 Å². The van der Waals surface area contributed by atoms with Crippen LogP contribution in [0.5, 0.6) is 11.5 Å². The summed E-state index contributed by atoms with van der Waals surface area (Å²) in [4.78, 5) is 10.4. The summed E-state index contributed by atoms with van der Waals surface area (Å²) in [6, 6.07) is 8.50. The van der Waals surface area contributed by atoms with Crippen LogP contribution in [0.15, 0.2) is 36.4 Å². The molecule has 2 aromatic rings. The molecule has 1 unspecified atom stereocenters. The van der Waals surface area contributed by atoms with Gasteiger partial charge in [-0.1, -0.05) is 12.1 Å². The standard InChI is InChI=1S/C15H15FN2O3/c1-9-3-5-15(13(7-9)18(19)20)21-14-6-4-11(10(2)17)8-12(14)16/h3-8,10H,17H2,1-2H3. The van der Waals surface area contributed by atoms with Gasteiger partial charge in [0.2, 0.25) is 5.75 Å². The second kappa shape index (κ2) is 5.88. The Bertz CT molecular complexity index is 687. The molecule has 0 heterocycles. The number of rotatable bonds is 4. The van der Waals surface area contributed by atoms with E-state index < -0.39 is 10.7 Å². The van der Waals surface area contributed by atoms with E-state index in [1.165, 1.54) is 24.3 Å². The zero-order valence-corrected chi connectivity index (χ0v) is 11.7. The lowest BCUT2D eigenvalue weighted by Crippen LogP contribution is -2.05. The zero-order chi connectivity index (χ0) is 15.6. The monoisotopic (exact) mass is 290 g/mol. The Morgan fingerprint density at radius 1 is 1.24 bits per heavy atom. The van der Waals surface area contributed by atoms with E-state index in [0.29, 0.717) is 5.56 Å². The molecule has 0 spiro atoms. The number of nitro groups is 1. The summed E-state index contributed by atoms with van der Waals surface area (Å²) in [5, 5.41) is 11.0. The largest absolute Gasteiger partial charge is 0.447 e. The second-order valence-electron chi connectivity index (χ2n) is 4.81. The summed E-state index contributed by atoms with van der Waals surface area (Å²) in [5.41, 5.74) is 6.81. The smallest absolute Gasteiger partial charge is 0.311 e. The van der Waals surface area contributed by atoms with E-state index >= 15 is 0 Å². The van der Waals surface area contributed by atoms with Crippen molar-refractivity contribution >= 4 is 5.69 Å². The second-order valence-corrected chi connectivity index (χ2v) is 4.81. The molecule has 1 atom stereocenters. The third-order valence-corrected chi connectivity index (χ3v) is 3.01. The van der Waals surface area contributed by atoms with Gasteiger partial charge in [0.15, 0.2) is 11.6 Å². The molecule has 0 amide bonds. The van der Waals surface area contributed by atoms with Crippen molar-refractivity contribution < 1.29 is 14.1 Å². The lowest BCUT2D eigenvalue weighted by molar-refractivity contribution is -0.385. The summed E-state index contributed by atoms with van der Waals surface area (Å²) in [5.74, 6) is -0.691. The van der Waals surface area contributed by atoms with Crippen molar-refractivity contribution in [2.45, 2.75) is 19.9 Å². The highest BCUT2D eigenvalue weighted by Gasteiger charge is 2.17. The SMILES string of the molecule is Cc1ccc(Oc2ccc(C(C)N)cc2F)c([N+](=O)[O-])c1. The van der Waals surface area contributed by atoms with Crippen LogP contribution in [0, 0.1) is 22.9 Å². The highest BCUT2D eigenvalue weighted by Crippen LogP contribution is 2.33. The van der Waals surface area contributed by atoms with Crippen LogP contribution in [0.2, 0.25) is 0 Å². The third-order valence-electron chi connectivity index (χ3n) is 3.01. The van der Waals surface area contributed by atoms with Crippen LogP contribution in [0.25, 0.3) is 0 Å². The van der Waals surface area contributed by atoms with E-state index in [2.05, 4.69) is 0 Å². The molecule has 0 aliphatic carbocycles. The van der Waals surface area contributed by atoms with Crippen molar-refractivity contribution in [2.75, 3.05) is 0 Å². The Hall–Kier alpha value is -2.47. The molecular weight excluding hydrogens is 275 g/mol. The van der Waals surface area contributed by atoms with Crippen molar-refractivity contribution in [3.63, 3.8) is 0 Å². The van der Waals surface area contributed by atoms with Gasteiger partial charge < -0.3 is 10.5 Å². The Morgan fingerprint density at radius 3 is 2.48 bits per heavy atom. The van der Waals surface area contributed by atoms with Crippen LogP contribution in [-0.4, -0.2) is 4.92 Å². The van der Waals surface area contributed by atoms with Gasteiger partial charge in [-0.15, -0.1) is 0 Å². The minimum atomic E-state index is -0.611. The number of ether oxygens (including phenoxy) is 1. The summed E-state index contributed by atoms with van der Waals surface area (Å²) in [6.45, 7) is 3.47. The highest BCUT2D eigenvalue weighted by molar-refractivity contribution is 5.50. The van der Waals surface area contributed by atoms with E-state index in [9.17, 15) is 14.5 Å². The first-order valence-corrected chi connectivity index (χ1v) is 6.36. The normalized spacial score (nSPS) is 12.0. The summed E-state index contributed by atoms with van der Waals surface area (Å²) in [6.07, 6.45) is 0. The van der Waals surface area contributed by atoms with Crippen molar-refractivity contribution in [2.24, 2.45) is 5.73 Å². The molecule has 0 fully saturated rings. The van der Waals surface area contributed by atoms with Crippen molar-refractivity contribution in [3.05, 3.63) is 63.5 Å². The van der Waals surface area contributed by atoms with Crippen LogP contribution >= 0.6 is 0 Å². The summed E-state index contributed by atoms with van der Waals surface area (Å²) in [7, 11) is 0. The van der Waals surface area contributed by atoms with Gasteiger partial charge >= 0.3 is 5.69 Å². The quantitative estimate of drug-likeness (QED) is 0.685. The van der Waals surface area contributed by atoms with Crippen molar-refractivity contribution in [1.29, 1.82) is 0 Å². The molecule has 0 aliphatic heterocycles. The molecule has 0 bridgehead atoms. The number of hydrogen-bond donors (Lipinski definition) is 1. The predicted molar refractivity (Wildman–Crippen MR) is 76.9 cm³/mol. The average Bonchev–Trinajstić information content (AvgIpc) is 2.42. The maximum absolute atomic E-state index is 14.0. The third kappa shape index (κ3) is 3.35. The maximum Gasteiger partial charge on any atom is 0.311 e. The molecule has 0 saturated heterocycles. The Balaban J connectivity index is 2.37. The Kier molecular flexibility index (Phi) is 4.18. The van der Waals surface area contributed by atoms with Crippen LogP contribution in [0.3, 0.4) is 0 Å². The van der Waals surface area contributed by atoms with Gasteiger partial charge in [0.25, 0.3) is 0 Å². The van der Waals surface area contributed by atoms with E-state index in [1.54, 1.807) is 26.0 Å². The molecule has 6 heteroatoms. The summed E-state index contributed by atoms with van der Waals surface area (Å²) >= 11 is 0. The molecule has 2 aromatic carbocycles. The topological polar surface area (TPSA) is 78.4 Å². The van der Waals surface area contributed by atoms with Gasteiger partial charge in [-0.3, -0.25) is 10.1 Å². The van der Waals surface area contributed by atoms with Crippen LogP contribution in [0.4, 0.5) is 10.1 Å². The molecular formula is C15H15FN2O3. The fourth-order valence-electron chi connectivity index (χ4n) is 1.86. The Morgan fingerprint density at radius 2 is 1.90 bits per heavy atom. The van der Waals surface area contributed by atoms with Gasteiger partial charge in [0, 0.05) is 12.1 Å². The molecule has 21 heavy (non-hydrogen) atoms. The van der Waals surface area contributed by atoms with Gasteiger partial charge in [-0.05, 0) is 43.2 Å². The first-order chi connectivity index (χ1) is 9.88. The highest BCUT2D eigenvalue weighted by atomic mass is 19.1. The van der Waals surface area contributed by atoms with Gasteiger partial charge in [-0.2, -0.15) is 0 Å². The van der Waals surface area contributed by atoms with E-state index in [1.807, 2.05) is 0 Å². The van der Waals surface area contributed by atoms with Crippen LogP contribution in [-0.2, 0) is 0 Å². The van der Waals surface area contributed by atoms with E-state index in [4.69, 9.17) is 10.5 Å². The molecule has 2 N–H and O–H groups in total. The molecule has 0 aliphatic rings. The first kappa shape index (κ1) is 14.9. The Labute approximate surface area is 121 Å². The van der Waals surface area contributed by atoms with Gasteiger partial charge in [-0.25, -0.2) is 4.39 Å². The number of nitro benzene ring substituents is 1. The number of benzene rings is 2. The van der Waals surface area contributed by atoms with Crippen molar-refractivity contribution in [3.8, 4) is 11.5 Å². The number of halogens is 1. The number of nitrogens with zero attached hydrogens (tertiary/aromatic N) is 1. The van der Waals surface area contributed by atoms with Crippen LogP contribution < -0.4 is 10.5 Å². The molecule has 0 aromatic heterocycles. The van der Waals surface area contributed by atoms with Crippen molar-refractivity contribution in [1.82, 2.24) is 0 Å². The van der Waals surface area contributed by atoms with E-state index in [-0.39, 0.29) is 23.2 Å². The van der Waals surface area contributed by atoms with Gasteiger partial charge in [0.1, 0.15) is 0 Å². The molecule has 0 saturated carbocycles. The summed E-state index contributed by atoms with van der Waals surface area (Å²) < 4.78 is 19.3.